The molecular weight excluding hydrogens is 346 g/mol. The molecule has 1 aromatic carbocycles. The molecule has 0 spiro atoms. The van der Waals surface area contributed by atoms with Crippen molar-refractivity contribution in [3.63, 3.8) is 0 Å². The molecule has 1 aliphatic rings. The summed E-state index contributed by atoms with van der Waals surface area (Å²) in [6, 6.07) is 7.05. The molecule has 132 valence electrons. The van der Waals surface area contributed by atoms with Gasteiger partial charge in [-0.25, -0.2) is 0 Å². The average molecular weight is 364 g/mol. The van der Waals surface area contributed by atoms with E-state index in [0.29, 0.717) is 42.4 Å². The molecule has 3 rings (SSSR count). The van der Waals surface area contributed by atoms with Crippen LogP contribution in [0.4, 0.5) is 0 Å². The molecular formula is C17H18ClN3O4. The number of benzene rings is 1. The number of halogens is 1. The van der Waals surface area contributed by atoms with Gasteiger partial charge in [0.1, 0.15) is 0 Å². The van der Waals surface area contributed by atoms with E-state index >= 15 is 0 Å². The minimum Gasteiger partial charge on any atom is -0.481 e. The van der Waals surface area contributed by atoms with E-state index < -0.39 is 5.97 Å². The summed E-state index contributed by atoms with van der Waals surface area (Å²) in [6.45, 7) is 0.151. The maximum atomic E-state index is 12.2. The molecule has 8 heteroatoms. The SMILES string of the molecule is O=C(O)C1CCC(C(=O)NCc2nc(-c3ccc(Cl)cc3)no2)CC1. The van der Waals surface area contributed by atoms with Crippen LogP contribution in [0, 0.1) is 11.8 Å². The van der Waals surface area contributed by atoms with Crippen LogP contribution in [0.15, 0.2) is 28.8 Å². The lowest BCUT2D eigenvalue weighted by Crippen LogP contribution is -2.34. The van der Waals surface area contributed by atoms with Gasteiger partial charge in [0.25, 0.3) is 0 Å². The van der Waals surface area contributed by atoms with Crippen LogP contribution in [0.2, 0.25) is 5.02 Å². The van der Waals surface area contributed by atoms with Crippen molar-refractivity contribution in [1.82, 2.24) is 15.5 Å². The molecule has 1 amide bonds. The topological polar surface area (TPSA) is 105 Å². The largest absolute Gasteiger partial charge is 0.481 e. The number of carbonyl (C=O) groups is 2. The summed E-state index contributed by atoms with van der Waals surface area (Å²) in [6.07, 6.45) is 2.24. The Balaban J connectivity index is 1.51. The Morgan fingerprint density at radius 2 is 1.80 bits per heavy atom. The minimum absolute atomic E-state index is 0.102. The minimum atomic E-state index is -0.778. The highest BCUT2D eigenvalue weighted by Gasteiger charge is 2.29. The first kappa shape index (κ1) is 17.4. The first-order valence-corrected chi connectivity index (χ1v) is 8.50. The van der Waals surface area contributed by atoms with Crippen molar-refractivity contribution < 1.29 is 19.2 Å². The quantitative estimate of drug-likeness (QED) is 0.846. The molecule has 2 aromatic rings. The number of nitrogens with one attached hydrogen (secondary N) is 1. The number of rotatable bonds is 5. The van der Waals surface area contributed by atoms with Gasteiger partial charge in [-0.15, -0.1) is 0 Å². The standard InChI is InChI=1S/C17H18ClN3O4/c18-13-7-5-10(6-8-13)15-20-14(25-21-15)9-19-16(22)11-1-3-12(4-2-11)17(23)24/h5-8,11-12H,1-4,9H2,(H,19,22)(H,23,24). The lowest BCUT2D eigenvalue weighted by atomic mass is 9.81. The predicted octanol–water partition coefficient (Wildman–Crippen LogP) is 2.90. The molecule has 1 fully saturated rings. The number of hydrogen-bond acceptors (Lipinski definition) is 5. The Bertz CT molecular complexity index is 752. The van der Waals surface area contributed by atoms with E-state index in [1.54, 1.807) is 24.3 Å². The first-order chi connectivity index (χ1) is 12.0. The second-order valence-electron chi connectivity index (χ2n) is 6.12. The molecule has 0 unspecified atom stereocenters. The predicted molar refractivity (Wildman–Crippen MR) is 89.7 cm³/mol. The van der Waals surface area contributed by atoms with Gasteiger partial charge in [0.15, 0.2) is 0 Å². The third-order valence-electron chi connectivity index (χ3n) is 4.43. The number of hydrogen-bond donors (Lipinski definition) is 2. The van der Waals surface area contributed by atoms with Gasteiger partial charge in [-0.3, -0.25) is 9.59 Å². The molecule has 1 saturated carbocycles. The Labute approximate surface area is 149 Å². The van der Waals surface area contributed by atoms with Crippen molar-refractivity contribution in [3.05, 3.63) is 35.2 Å². The van der Waals surface area contributed by atoms with E-state index in [4.69, 9.17) is 21.2 Å². The van der Waals surface area contributed by atoms with Crippen LogP contribution in [-0.4, -0.2) is 27.1 Å². The van der Waals surface area contributed by atoms with E-state index in [2.05, 4.69) is 15.5 Å². The van der Waals surface area contributed by atoms with Gasteiger partial charge in [-0.05, 0) is 49.9 Å². The van der Waals surface area contributed by atoms with Gasteiger partial charge in [0.2, 0.25) is 17.6 Å². The van der Waals surface area contributed by atoms with Gasteiger partial charge in [0.05, 0.1) is 12.5 Å². The third-order valence-corrected chi connectivity index (χ3v) is 4.68. The second-order valence-corrected chi connectivity index (χ2v) is 6.56. The normalized spacial score (nSPS) is 20.2. The Morgan fingerprint density at radius 3 is 2.44 bits per heavy atom. The van der Waals surface area contributed by atoms with Crippen molar-refractivity contribution in [2.75, 3.05) is 0 Å². The zero-order valence-electron chi connectivity index (χ0n) is 13.4. The van der Waals surface area contributed by atoms with Crippen LogP contribution in [0.3, 0.4) is 0 Å². The smallest absolute Gasteiger partial charge is 0.306 e. The summed E-state index contributed by atoms with van der Waals surface area (Å²) in [5, 5.41) is 16.3. The number of carboxylic acid groups (broad SMARTS) is 1. The van der Waals surface area contributed by atoms with Crippen LogP contribution in [0.25, 0.3) is 11.4 Å². The Hall–Kier alpha value is -2.41. The van der Waals surface area contributed by atoms with E-state index in [9.17, 15) is 9.59 Å². The number of carboxylic acids is 1. The van der Waals surface area contributed by atoms with Crippen molar-refractivity contribution in [2.24, 2.45) is 11.8 Å². The monoisotopic (exact) mass is 363 g/mol. The van der Waals surface area contributed by atoms with Gasteiger partial charge < -0.3 is 14.9 Å². The summed E-state index contributed by atoms with van der Waals surface area (Å²) in [5.74, 6) is -0.619. The highest BCUT2D eigenvalue weighted by Crippen LogP contribution is 2.29. The van der Waals surface area contributed by atoms with Crippen molar-refractivity contribution in [2.45, 2.75) is 32.2 Å². The molecule has 2 N–H and O–H groups in total. The highest BCUT2D eigenvalue weighted by atomic mass is 35.5. The zero-order chi connectivity index (χ0) is 17.8. The molecule has 0 radical (unpaired) electrons. The summed E-state index contributed by atoms with van der Waals surface area (Å²) < 4.78 is 5.15. The van der Waals surface area contributed by atoms with E-state index in [1.165, 1.54) is 0 Å². The average Bonchev–Trinajstić information content (AvgIpc) is 3.09. The number of carbonyl (C=O) groups excluding carboxylic acids is 1. The van der Waals surface area contributed by atoms with Crippen molar-refractivity contribution in [1.29, 1.82) is 0 Å². The van der Waals surface area contributed by atoms with Crippen LogP contribution in [0.1, 0.15) is 31.6 Å². The maximum absolute atomic E-state index is 12.2. The van der Waals surface area contributed by atoms with E-state index in [1.807, 2.05) is 0 Å². The van der Waals surface area contributed by atoms with Crippen LogP contribution in [0.5, 0.6) is 0 Å². The molecule has 25 heavy (non-hydrogen) atoms. The molecule has 1 aliphatic carbocycles. The molecule has 0 bridgehead atoms. The Morgan fingerprint density at radius 1 is 1.16 bits per heavy atom. The number of aliphatic carboxylic acids is 1. The third kappa shape index (κ3) is 4.36. The number of aromatic nitrogens is 2. The fourth-order valence-corrected chi connectivity index (χ4v) is 3.08. The fourth-order valence-electron chi connectivity index (χ4n) is 2.95. The van der Waals surface area contributed by atoms with E-state index in [-0.39, 0.29) is 24.3 Å². The van der Waals surface area contributed by atoms with Gasteiger partial charge in [-0.2, -0.15) is 4.98 Å². The molecule has 0 saturated heterocycles. The van der Waals surface area contributed by atoms with Gasteiger partial charge in [-0.1, -0.05) is 16.8 Å². The fraction of sp³-hybridized carbons (Fsp3) is 0.412. The molecule has 7 nitrogen and oxygen atoms in total. The van der Waals surface area contributed by atoms with Gasteiger partial charge >= 0.3 is 5.97 Å². The first-order valence-electron chi connectivity index (χ1n) is 8.12. The lowest BCUT2D eigenvalue weighted by molar-refractivity contribution is -0.144. The summed E-state index contributed by atoms with van der Waals surface area (Å²) in [4.78, 5) is 27.4. The van der Waals surface area contributed by atoms with Gasteiger partial charge in [0, 0.05) is 16.5 Å². The Kier molecular flexibility index (Phi) is 5.33. The molecule has 0 atom stereocenters. The summed E-state index contributed by atoms with van der Waals surface area (Å²) in [5.41, 5.74) is 0.776. The highest BCUT2D eigenvalue weighted by molar-refractivity contribution is 6.30. The molecule has 1 aromatic heterocycles. The van der Waals surface area contributed by atoms with Crippen molar-refractivity contribution >= 4 is 23.5 Å². The van der Waals surface area contributed by atoms with Crippen molar-refractivity contribution in [3.8, 4) is 11.4 Å². The second kappa shape index (κ2) is 7.65. The van der Waals surface area contributed by atoms with E-state index in [0.717, 1.165) is 5.56 Å². The van der Waals surface area contributed by atoms with Crippen LogP contribution in [-0.2, 0) is 16.1 Å². The number of nitrogens with zero attached hydrogens (tertiary/aromatic N) is 2. The summed E-state index contributed by atoms with van der Waals surface area (Å²) >= 11 is 5.84. The van der Waals surface area contributed by atoms with Crippen LogP contribution < -0.4 is 5.32 Å². The van der Waals surface area contributed by atoms with Crippen LogP contribution >= 0.6 is 11.6 Å². The maximum Gasteiger partial charge on any atom is 0.306 e. The summed E-state index contributed by atoms with van der Waals surface area (Å²) in [7, 11) is 0. The molecule has 0 aliphatic heterocycles. The number of amides is 1. The molecule has 1 heterocycles. The lowest BCUT2D eigenvalue weighted by Gasteiger charge is -2.24. The zero-order valence-corrected chi connectivity index (χ0v) is 14.2.